The average Bonchev–Trinajstić information content (AvgIpc) is 2.84. The Hall–Kier alpha value is -2.86. The van der Waals surface area contributed by atoms with Crippen LogP contribution in [0.2, 0.25) is 0 Å². The third kappa shape index (κ3) is 2.63. The zero-order valence-corrected chi connectivity index (χ0v) is 15.1. The van der Waals surface area contributed by atoms with Crippen LogP contribution in [0.5, 0.6) is 0 Å². The predicted octanol–water partition coefficient (Wildman–Crippen LogP) is 3.69. The lowest BCUT2D eigenvalue weighted by Crippen LogP contribution is -2.30. The molecule has 0 radical (unpaired) electrons. The number of rotatable bonds is 4. The smallest absolute Gasteiger partial charge is 0.265 e. The maximum absolute atomic E-state index is 12.9. The van der Waals surface area contributed by atoms with Crippen molar-refractivity contribution in [3.05, 3.63) is 66.2 Å². The number of sulfonamides is 1. The van der Waals surface area contributed by atoms with Gasteiger partial charge in [-0.05, 0) is 36.1 Å². The second-order valence-electron chi connectivity index (χ2n) is 6.32. The van der Waals surface area contributed by atoms with Crippen LogP contribution in [0, 0.1) is 6.92 Å². The van der Waals surface area contributed by atoms with E-state index in [1.54, 1.807) is 18.2 Å². The van der Waals surface area contributed by atoms with E-state index in [9.17, 15) is 13.2 Å². The van der Waals surface area contributed by atoms with Gasteiger partial charge >= 0.3 is 0 Å². The molecule has 3 aromatic rings. The van der Waals surface area contributed by atoms with E-state index in [0.717, 1.165) is 22.0 Å². The molecule has 1 aliphatic heterocycles. The van der Waals surface area contributed by atoms with Gasteiger partial charge in [-0.1, -0.05) is 42.5 Å². The van der Waals surface area contributed by atoms with Crippen LogP contribution in [-0.2, 0) is 14.8 Å². The van der Waals surface area contributed by atoms with Crippen molar-refractivity contribution in [3.8, 4) is 0 Å². The third-order valence-corrected chi connectivity index (χ3v) is 6.50. The summed E-state index contributed by atoms with van der Waals surface area (Å²) >= 11 is 0. The van der Waals surface area contributed by atoms with Crippen molar-refractivity contribution in [2.45, 2.75) is 18.2 Å². The van der Waals surface area contributed by atoms with Gasteiger partial charge in [0.2, 0.25) is 5.91 Å². The second kappa shape index (κ2) is 6.14. The lowest BCUT2D eigenvalue weighted by molar-refractivity contribution is -0.116. The van der Waals surface area contributed by atoms with Gasteiger partial charge in [0.1, 0.15) is 0 Å². The van der Waals surface area contributed by atoms with Gasteiger partial charge < -0.3 is 5.32 Å². The van der Waals surface area contributed by atoms with E-state index in [1.807, 2.05) is 49.4 Å². The average molecular weight is 366 g/mol. The van der Waals surface area contributed by atoms with Crippen molar-refractivity contribution < 1.29 is 13.2 Å². The van der Waals surface area contributed by atoms with Crippen molar-refractivity contribution in [2.75, 3.05) is 16.2 Å². The van der Waals surface area contributed by atoms with E-state index in [0.29, 0.717) is 10.6 Å². The zero-order valence-electron chi connectivity index (χ0n) is 14.3. The molecule has 3 aromatic carbocycles. The molecule has 0 fully saturated rings. The molecule has 0 spiro atoms. The quantitative estimate of drug-likeness (QED) is 0.766. The summed E-state index contributed by atoms with van der Waals surface area (Å²) in [4.78, 5) is 12.6. The van der Waals surface area contributed by atoms with Crippen molar-refractivity contribution >= 4 is 38.1 Å². The number of nitrogens with zero attached hydrogens (tertiary/aromatic N) is 1. The molecule has 0 unspecified atom stereocenters. The van der Waals surface area contributed by atoms with E-state index in [-0.39, 0.29) is 18.9 Å². The van der Waals surface area contributed by atoms with E-state index < -0.39 is 10.0 Å². The van der Waals surface area contributed by atoms with Gasteiger partial charge in [-0.15, -0.1) is 0 Å². The highest BCUT2D eigenvalue weighted by molar-refractivity contribution is 7.93. The van der Waals surface area contributed by atoms with Gasteiger partial charge in [-0.2, -0.15) is 0 Å². The molecule has 0 atom stereocenters. The summed E-state index contributed by atoms with van der Waals surface area (Å²) in [6, 6.07) is 18.3. The monoisotopic (exact) mass is 366 g/mol. The Morgan fingerprint density at radius 2 is 1.73 bits per heavy atom. The Bertz CT molecular complexity index is 1120. The highest BCUT2D eigenvalue weighted by Gasteiger charge is 2.35. The molecule has 6 heteroatoms. The molecule has 0 saturated carbocycles. The second-order valence-corrected chi connectivity index (χ2v) is 8.15. The summed E-state index contributed by atoms with van der Waals surface area (Å²) in [6.45, 7) is 2.02. The number of hydrogen-bond donors (Lipinski definition) is 1. The van der Waals surface area contributed by atoms with E-state index in [2.05, 4.69) is 5.32 Å². The van der Waals surface area contributed by atoms with Gasteiger partial charge in [-0.3, -0.25) is 9.10 Å². The summed E-state index contributed by atoms with van der Waals surface area (Å²) in [7, 11) is -3.62. The summed E-state index contributed by atoms with van der Waals surface area (Å²) in [5.74, 6) is -0.211. The number of hydrogen-bond acceptors (Lipinski definition) is 3. The van der Waals surface area contributed by atoms with Crippen LogP contribution in [0.4, 0.5) is 11.4 Å². The van der Waals surface area contributed by atoms with Gasteiger partial charge in [0.25, 0.3) is 10.0 Å². The molecule has 0 aromatic heterocycles. The van der Waals surface area contributed by atoms with Crippen molar-refractivity contribution in [1.29, 1.82) is 0 Å². The minimum Gasteiger partial charge on any atom is -0.326 e. The van der Waals surface area contributed by atoms with Gasteiger partial charge in [0.05, 0.1) is 10.6 Å². The van der Waals surface area contributed by atoms with Crippen molar-refractivity contribution in [1.82, 2.24) is 0 Å². The van der Waals surface area contributed by atoms with Crippen LogP contribution in [0.15, 0.2) is 65.6 Å². The fourth-order valence-corrected chi connectivity index (χ4v) is 5.04. The number of amides is 1. The third-order valence-electron chi connectivity index (χ3n) is 4.64. The highest BCUT2D eigenvalue weighted by atomic mass is 32.2. The summed E-state index contributed by atoms with van der Waals surface area (Å²) in [5.41, 5.74) is 2.35. The van der Waals surface area contributed by atoms with Crippen LogP contribution >= 0.6 is 0 Å². The first-order valence-electron chi connectivity index (χ1n) is 8.38. The van der Waals surface area contributed by atoms with Crippen molar-refractivity contribution in [2.24, 2.45) is 0 Å². The molecule has 0 saturated heterocycles. The summed E-state index contributed by atoms with van der Waals surface area (Å²) in [6.07, 6.45) is 0.0813. The van der Waals surface area contributed by atoms with Crippen LogP contribution in [0.1, 0.15) is 12.0 Å². The Morgan fingerprint density at radius 1 is 1.00 bits per heavy atom. The van der Waals surface area contributed by atoms with Gasteiger partial charge in [0.15, 0.2) is 0 Å². The molecule has 132 valence electrons. The number of para-hydroxylation sites is 1. The number of nitrogens with one attached hydrogen (secondary N) is 1. The standard InChI is InChI=1S/C20H18N2O3S/c1-14-6-2-3-9-16(14)21-19(23)12-13-22-17-10-4-7-15-8-5-11-18(20(15)17)26(22,24)25/h2-11H,12-13H2,1H3,(H,21,23). The number of anilines is 2. The van der Waals surface area contributed by atoms with E-state index in [4.69, 9.17) is 0 Å². The highest BCUT2D eigenvalue weighted by Crippen LogP contribution is 2.41. The molecule has 0 aliphatic carbocycles. The van der Waals surface area contributed by atoms with Gasteiger partial charge in [0, 0.05) is 24.0 Å². The molecule has 1 heterocycles. The molecule has 1 aliphatic rings. The minimum atomic E-state index is -3.62. The summed E-state index contributed by atoms with van der Waals surface area (Å²) in [5, 5.41) is 4.46. The fourth-order valence-electron chi connectivity index (χ4n) is 3.33. The van der Waals surface area contributed by atoms with Crippen molar-refractivity contribution in [3.63, 3.8) is 0 Å². The lowest BCUT2D eigenvalue weighted by Gasteiger charge is -2.18. The SMILES string of the molecule is Cc1ccccc1NC(=O)CCN1c2cccc3cccc(c23)S1(=O)=O. The van der Waals surface area contributed by atoms with Crippen LogP contribution in [0.25, 0.3) is 10.8 Å². The molecule has 0 bridgehead atoms. The zero-order chi connectivity index (χ0) is 18.3. The molecular formula is C20H18N2O3S. The minimum absolute atomic E-state index is 0.0813. The fraction of sp³-hybridized carbons (Fsp3) is 0.150. The van der Waals surface area contributed by atoms with Crippen LogP contribution in [-0.4, -0.2) is 20.9 Å². The predicted molar refractivity (Wildman–Crippen MR) is 103 cm³/mol. The molecular weight excluding hydrogens is 348 g/mol. The van der Waals surface area contributed by atoms with Crippen LogP contribution in [0.3, 0.4) is 0 Å². The molecule has 26 heavy (non-hydrogen) atoms. The Labute approximate surface area is 152 Å². The molecule has 4 rings (SSSR count). The lowest BCUT2D eigenvalue weighted by atomic mass is 10.1. The molecule has 1 amide bonds. The Balaban J connectivity index is 1.57. The molecule has 1 N–H and O–H groups in total. The van der Waals surface area contributed by atoms with Gasteiger partial charge in [-0.25, -0.2) is 8.42 Å². The molecule has 5 nitrogen and oxygen atoms in total. The number of carbonyl (C=O) groups excluding carboxylic acids is 1. The van der Waals surface area contributed by atoms with E-state index >= 15 is 0 Å². The number of aryl methyl sites for hydroxylation is 1. The first-order chi connectivity index (χ1) is 12.5. The van der Waals surface area contributed by atoms with E-state index in [1.165, 1.54) is 4.31 Å². The summed E-state index contributed by atoms with van der Waals surface area (Å²) < 4.78 is 27.1. The maximum Gasteiger partial charge on any atom is 0.265 e. The number of benzene rings is 3. The topological polar surface area (TPSA) is 66.5 Å². The Kier molecular flexibility index (Phi) is 3.92. The largest absolute Gasteiger partial charge is 0.326 e. The first-order valence-corrected chi connectivity index (χ1v) is 9.82. The normalized spacial score (nSPS) is 14.6. The Morgan fingerprint density at radius 3 is 2.50 bits per heavy atom. The maximum atomic E-state index is 12.9. The first kappa shape index (κ1) is 16.6. The van der Waals surface area contributed by atoms with Crippen LogP contribution < -0.4 is 9.62 Å². The number of carbonyl (C=O) groups is 1.